The minimum absolute atomic E-state index is 0.0423. The standard InChI is InChI=1S/C18H14F3N3O4S/c1-9-2-4-11(7-13(9)24(27)28)22-16(25)8-15-17(26)23-12-6-10(18(19,20)21)3-5-14(12)29-15/h2-7,15H,8H2,1H3,(H,22,25)(H,23,26). The fourth-order valence-corrected chi connectivity index (χ4v) is 3.82. The van der Waals surface area contributed by atoms with E-state index in [1.807, 2.05) is 0 Å². The van der Waals surface area contributed by atoms with Gasteiger partial charge in [0.1, 0.15) is 0 Å². The smallest absolute Gasteiger partial charge is 0.326 e. The molecule has 152 valence electrons. The van der Waals surface area contributed by atoms with E-state index in [-0.39, 0.29) is 23.5 Å². The van der Waals surface area contributed by atoms with E-state index in [2.05, 4.69) is 10.6 Å². The summed E-state index contributed by atoms with van der Waals surface area (Å²) < 4.78 is 38.4. The number of carbonyl (C=O) groups is 2. The zero-order chi connectivity index (χ0) is 21.3. The number of hydrogen-bond donors (Lipinski definition) is 2. The third-order valence-corrected chi connectivity index (χ3v) is 5.46. The van der Waals surface area contributed by atoms with Crippen LogP contribution in [0.3, 0.4) is 0 Å². The third-order valence-electron chi connectivity index (χ3n) is 4.19. The van der Waals surface area contributed by atoms with Crippen LogP contribution in [0.15, 0.2) is 41.3 Å². The zero-order valence-corrected chi connectivity index (χ0v) is 15.7. The predicted molar refractivity (Wildman–Crippen MR) is 101 cm³/mol. The predicted octanol–water partition coefficient (Wildman–Crippen LogP) is 4.36. The number of nitro benzene ring substituents is 1. The molecule has 2 aromatic carbocycles. The number of rotatable bonds is 4. The van der Waals surface area contributed by atoms with Gasteiger partial charge in [0.05, 0.1) is 21.4 Å². The van der Waals surface area contributed by atoms with Crippen molar-refractivity contribution in [2.75, 3.05) is 10.6 Å². The Labute approximate surface area is 166 Å². The van der Waals surface area contributed by atoms with Gasteiger partial charge in [0.25, 0.3) is 5.69 Å². The largest absolute Gasteiger partial charge is 0.416 e. The van der Waals surface area contributed by atoms with Crippen LogP contribution < -0.4 is 10.6 Å². The van der Waals surface area contributed by atoms with Crippen molar-refractivity contribution < 1.29 is 27.7 Å². The first-order chi connectivity index (χ1) is 13.5. The molecule has 2 amide bonds. The van der Waals surface area contributed by atoms with Crippen molar-refractivity contribution in [2.45, 2.75) is 29.7 Å². The van der Waals surface area contributed by atoms with Gasteiger partial charge in [0.2, 0.25) is 11.8 Å². The molecular weight excluding hydrogens is 411 g/mol. The van der Waals surface area contributed by atoms with Crippen LogP contribution in [0.4, 0.5) is 30.2 Å². The molecule has 0 radical (unpaired) electrons. The lowest BCUT2D eigenvalue weighted by Gasteiger charge is -2.24. The van der Waals surface area contributed by atoms with Crippen LogP contribution in [-0.2, 0) is 15.8 Å². The lowest BCUT2D eigenvalue weighted by molar-refractivity contribution is -0.385. The van der Waals surface area contributed by atoms with Crippen LogP contribution in [0.25, 0.3) is 0 Å². The Balaban J connectivity index is 1.70. The molecule has 2 aromatic rings. The first-order valence-electron chi connectivity index (χ1n) is 8.28. The maximum absolute atomic E-state index is 12.8. The van der Waals surface area contributed by atoms with Gasteiger partial charge in [-0.3, -0.25) is 19.7 Å². The number of fused-ring (bicyclic) bond motifs is 1. The number of nitrogens with zero attached hydrogens (tertiary/aromatic N) is 1. The van der Waals surface area contributed by atoms with Crippen molar-refractivity contribution in [3.05, 3.63) is 57.6 Å². The first kappa shape index (κ1) is 20.6. The number of nitro groups is 1. The number of hydrogen-bond acceptors (Lipinski definition) is 5. The number of benzene rings is 2. The number of amides is 2. The zero-order valence-electron chi connectivity index (χ0n) is 14.9. The lowest BCUT2D eigenvalue weighted by atomic mass is 10.1. The lowest BCUT2D eigenvalue weighted by Crippen LogP contribution is -2.32. The molecule has 1 aliphatic heterocycles. The molecule has 0 aliphatic carbocycles. The molecule has 0 fully saturated rings. The Kier molecular flexibility index (Phi) is 5.51. The maximum Gasteiger partial charge on any atom is 0.416 e. The summed E-state index contributed by atoms with van der Waals surface area (Å²) in [6, 6.07) is 7.21. The van der Waals surface area contributed by atoms with Crippen LogP contribution in [0.5, 0.6) is 0 Å². The van der Waals surface area contributed by atoms with Crippen LogP contribution in [-0.4, -0.2) is 22.0 Å². The maximum atomic E-state index is 12.8. The molecule has 0 spiro atoms. The number of thioether (sulfide) groups is 1. The number of halogens is 3. The molecule has 0 bridgehead atoms. The number of nitrogens with one attached hydrogen (secondary N) is 2. The van der Waals surface area contributed by atoms with E-state index >= 15 is 0 Å². The number of alkyl halides is 3. The highest BCUT2D eigenvalue weighted by Gasteiger charge is 2.34. The molecule has 7 nitrogen and oxygen atoms in total. The molecule has 0 saturated heterocycles. The minimum Gasteiger partial charge on any atom is -0.326 e. The highest BCUT2D eigenvalue weighted by Crippen LogP contribution is 2.40. The average Bonchev–Trinajstić information content (AvgIpc) is 2.62. The molecule has 3 rings (SSSR count). The number of carbonyl (C=O) groups excluding carboxylic acids is 2. The SMILES string of the molecule is Cc1ccc(NC(=O)CC2Sc3ccc(C(F)(F)F)cc3NC2=O)cc1[N+](=O)[O-]. The summed E-state index contributed by atoms with van der Waals surface area (Å²) in [4.78, 5) is 35.3. The molecule has 0 aromatic heterocycles. The Morgan fingerprint density at radius 3 is 2.66 bits per heavy atom. The van der Waals surface area contributed by atoms with E-state index in [0.717, 1.165) is 23.9 Å². The second kappa shape index (κ2) is 7.74. The van der Waals surface area contributed by atoms with E-state index in [4.69, 9.17) is 0 Å². The van der Waals surface area contributed by atoms with Gasteiger partial charge in [-0.1, -0.05) is 6.07 Å². The van der Waals surface area contributed by atoms with Gasteiger partial charge in [-0.15, -0.1) is 11.8 Å². The molecule has 1 unspecified atom stereocenters. The van der Waals surface area contributed by atoms with Gasteiger partial charge in [-0.2, -0.15) is 13.2 Å². The molecule has 1 heterocycles. The van der Waals surface area contributed by atoms with Crippen molar-refractivity contribution in [1.29, 1.82) is 0 Å². The Hall–Kier alpha value is -3.08. The summed E-state index contributed by atoms with van der Waals surface area (Å²) in [6.07, 6.45) is -4.78. The number of aryl methyl sites for hydroxylation is 1. The van der Waals surface area contributed by atoms with E-state index in [1.165, 1.54) is 24.3 Å². The van der Waals surface area contributed by atoms with Gasteiger partial charge in [-0.05, 0) is 31.2 Å². The summed E-state index contributed by atoms with van der Waals surface area (Å²) in [5.74, 6) is -1.14. The Morgan fingerprint density at radius 2 is 2.00 bits per heavy atom. The van der Waals surface area contributed by atoms with Gasteiger partial charge >= 0.3 is 6.18 Å². The van der Waals surface area contributed by atoms with Crippen molar-refractivity contribution in [2.24, 2.45) is 0 Å². The summed E-state index contributed by atoms with van der Waals surface area (Å²) in [7, 11) is 0. The van der Waals surface area contributed by atoms with Crippen molar-refractivity contribution in [1.82, 2.24) is 0 Å². The summed E-state index contributed by atoms with van der Waals surface area (Å²) in [5, 5.41) is 15.0. The minimum atomic E-state index is -4.53. The van der Waals surface area contributed by atoms with Crippen LogP contribution >= 0.6 is 11.8 Å². The van der Waals surface area contributed by atoms with E-state index < -0.39 is 33.7 Å². The molecule has 1 aliphatic rings. The fourth-order valence-electron chi connectivity index (χ4n) is 2.73. The van der Waals surface area contributed by atoms with E-state index in [9.17, 15) is 32.9 Å². The van der Waals surface area contributed by atoms with Crippen LogP contribution in [0, 0.1) is 17.0 Å². The quantitative estimate of drug-likeness (QED) is 0.560. The van der Waals surface area contributed by atoms with Gasteiger partial charge in [-0.25, -0.2) is 0 Å². The highest BCUT2D eigenvalue weighted by atomic mass is 32.2. The van der Waals surface area contributed by atoms with E-state index in [0.29, 0.717) is 10.5 Å². The van der Waals surface area contributed by atoms with Crippen molar-refractivity contribution in [3.63, 3.8) is 0 Å². The normalized spacial score (nSPS) is 16.0. The van der Waals surface area contributed by atoms with Crippen LogP contribution in [0.2, 0.25) is 0 Å². The number of anilines is 2. The molecule has 29 heavy (non-hydrogen) atoms. The summed E-state index contributed by atoms with van der Waals surface area (Å²) in [6.45, 7) is 1.56. The Morgan fingerprint density at radius 1 is 1.28 bits per heavy atom. The molecule has 2 N–H and O–H groups in total. The highest BCUT2D eigenvalue weighted by molar-refractivity contribution is 8.01. The second-order valence-corrected chi connectivity index (χ2v) is 7.56. The Bertz CT molecular complexity index is 1010. The fraction of sp³-hybridized carbons (Fsp3) is 0.222. The first-order valence-corrected chi connectivity index (χ1v) is 9.16. The molecule has 0 saturated carbocycles. The molecule has 1 atom stereocenters. The monoisotopic (exact) mass is 425 g/mol. The topological polar surface area (TPSA) is 101 Å². The van der Waals surface area contributed by atoms with E-state index in [1.54, 1.807) is 6.92 Å². The van der Waals surface area contributed by atoms with Crippen molar-refractivity contribution >= 4 is 40.6 Å². The molecule has 11 heteroatoms. The summed E-state index contributed by atoms with van der Waals surface area (Å²) in [5.41, 5.74) is -0.342. The summed E-state index contributed by atoms with van der Waals surface area (Å²) >= 11 is 0.985. The third kappa shape index (κ3) is 4.67. The van der Waals surface area contributed by atoms with Gasteiger partial charge < -0.3 is 10.6 Å². The van der Waals surface area contributed by atoms with Crippen LogP contribution in [0.1, 0.15) is 17.5 Å². The molecular formula is C18H14F3N3O4S. The van der Waals surface area contributed by atoms with Crippen molar-refractivity contribution in [3.8, 4) is 0 Å². The van der Waals surface area contributed by atoms with Gasteiger partial charge in [0, 0.05) is 28.6 Å². The second-order valence-electron chi connectivity index (χ2n) is 6.32. The van der Waals surface area contributed by atoms with Gasteiger partial charge in [0.15, 0.2) is 0 Å². The average molecular weight is 425 g/mol.